The van der Waals surface area contributed by atoms with Crippen molar-refractivity contribution >= 4 is 11.8 Å². The lowest BCUT2D eigenvalue weighted by atomic mass is 9.99. The van der Waals surface area contributed by atoms with E-state index in [-0.39, 0.29) is 18.6 Å². The number of carbonyl (C=O) groups excluding carboxylic acids is 2. The van der Waals surface area contributed by atoms with E-state index in [1.54, 1.807) is 11.8 Å². The molecule has 0 spiro atoms. The highest BCUT2D eigenvalue weighted by molar-refractivity contribution is 5.78. The van der Waals surface area contributed by atoms with Crippen molar-refractivity contribution in [3.8, 4) is 11.5 Å². The molecule has 0 aliphatic carbocycles. The molecule has 0 saturated carbocycles. The maximum absolute atomic E-state index is 12.7. The highest BCUT2D eigenvalue weighted by atomic mass is 16.7. The van der Waals surface area contributed by atoms with Gasteiger partial charge in [-0.1, -0.05) is 13.0 Å². The van der Waals surface area contributed by atoms with Gasteiger partial charge in [-0.3, -0.25) is 9.59 Å². The summed E-state index contributed by atoms with van der Waals surface area (Å²) in [6.45, 7) is 5.68. The topological polar surface area (TPSA) is 59.1 Å². The molecule has 1 aromatic rings. The fourth-order valence-corrected chi connectivity index (χ4v) is 3.74. The summed E-state index contributed by atoms with van der Waals surface area (Å²) in [4.78, 5) is 28.4. The fraction of sp³-hybridized carbons (Fsp3) is 0.600. The molecule has 0 bridgehead atoms. The Hall–Kier alpha value is -2.24. The number of nitrogens with zero attached hydrogens (tertiary/aromatic N) is 2. The van der Waals surface area contributed by atoms with Crippen LogP contribution in [0.3, 0.4) is 0 Å². The molecule has 142 valence electrons. The number of piperidine rings is 1. The van der Waals surface area contributed by atoms with Crippen molar-refractivity contribution in [1.82, 2.24) is 9.80 Å². The minimum Gasteiger partial charge on any atom is -0.454 e. The fourth-order valence-electron chi connectivity index (χ4n) is 3.74. The van der Waals surface area contributed by atoms with Gasteiger partial charge in [0.15, 0.2) is 11.5 Å². The van der Waals surface area contributed by atoms with E-state index in [0.717, 1.165) is 37.1 Å². The van der Waals surface area contributed by atoms with Crippen molar-refractivity contribution in [3.63, 3.8) is 0 Å². The van der Waals surface area contributed by atoms with Gasteiger partial charge in [0.2, 0.25) is 18.6 Å². The van der Waals surface area contributed by atoms with Gasteiger partial charge in [0.05, 0.1) is 0 Å². The molecule has 2 aliphatic heterocycles. The van der Waals surface area contributed by atoms with Gasteiger partial charge in [-0.05, 0) is 43.4 Å². The van der Waals surface area contributed by atoms with Crippen LogP contribution in [0, 0.1) is 0 Å². The van der Waals surface area contributed by atoms with Crippen LogP contribution in [0.2, 0.25) is 0 Å². The van der Waals surface area contributed by atoms with E-state index in [2.05, 4.69) is 6.92 Å². The Balaban J connectivity index is 1.58. The number of ether oxygens (including phenoxy) is 2. The van der Waals surface area contributed by atoms with Crippen molar-refractivity contribution in [2.24, 2.45) is 0 Å². The van der Waals surface area contributed by atoms with Crippen molar-refractivity contribution in [1.29, 1.82) is 0 Å². The van der Waals surface area contributed by atoms with E-state index in [1.165, 1.54) is 6.42 Å². The van der Waals surface area contributed by atoms with Gasteiger partial charge in [-0.15, -0.1) is 0 Å². The number of carbonyl (C=O) groups is 2. The predicted octanol–water partition coefficient (Wildman–Crippen LogP) is 2.95. The second kappa shape index (κ2) is 8.43. The van der Waals surface area contributed by atoms with Crippen molar-refractivity contribution in [3.05, 3.63) is 23.8 Å². The molecule has 6 nitrogen and oxygen atoms in total. The first-order valence-electron chi connectivity index (χ1n) is 9.52. The molecule has 26 heavy (non-hydrogen) atoms. The van der Waals surface area contributed by atoms with Crippen molar-refractivity contribution in [2.75, 3.05) is 19.9 Å². The summed E-state index contributed by atoms with van der Waals surface area (Å²) < 4.78 is 10.7. The third-order valence-electron chi connectivity index (χ3n) is 5.27. The Kier molecular flexibility index (Phi) is 6.01. The lowest BCUT2D eigenvalue weighted by Gasteiger charge is -2.35. The first-order valence-corrected chi connectivity index (χ1v) is 9.52. The van der Waals surface area contributed by atoms with Gasteiger partial charge in [0.25, 0.3) is 0 Å². The van der Waals surface area contributed by atoms with E-state index in [1.807, 2.05) is 23.1 Å². The molecule has 0 N–H and O–H groups in total. The maximum atomic E-state index is 12.7. The van der Waals surface area contributed by atoms with Crippen LogP contribution in [0.25, 0.3) is 0 Å². The van der Waals surface area contributed by atoms with Crippen LogP contribution in [0.5, 0.6) is 11.5 Å². The van der Waals surface area contributed by atoms with Crippen LogP contribution in [-0.2, 0) is 16.1 Å². The number of fused-ring (bicyclic) bond motifs is 1. The van der Waals surface area contributed by atoms with Crippen LogP contribution >= 0.6 is 0 Å². The van der Waals surface area contributed by atoms with Gasteiger partial charge in [0.1, 0.15) is 0 Å². The van der Waals surface area contributed by atoms with Crippen LogP contribution in [0.4, 0.5) is 0 Å². The number of amides is 2. The summed E-state index contributed by atoms with van der Waals surface area (Å²) in [6, 6.07) is 6.05. The third kappa shape index (κ3) is 4.29. The van der Waals surface area contributed by atoms with Gasteiger partial charge in [-0.2, -0.15) is 0 Å². The van der Waals surface area contributed by atoms with E-state index in [4.69, 9.17) is 9.47 Å². The van der Waals surface area contributed by atoms with Crippen LogP contribution in [0.15, 0.2) is 18.2 Å². The lowest BCUT2D eigenvalue weighted by Crippen LogP contribution is -2.44. The summed E-state index contributed by atoms with van der Waals surface area (Å²) in [7, 11) is 0. The zero-order valence-corrected chi connectivity index (χ0v) is 15.7. The summed E-state index contributed by atoms with van der Waals surface area (Å²) in [5, 5.41) is 0. The minimum absolute atomic E-state index is 0.0267. The van der Waals surface area contributed by atoms with Gasteiger partial charge in [0, 0.05) is 39.0 Å². The quantitative estimate of drug-likeness (QED) is 0.783. The predicted molar refractivity (Wildman–Crippen MR) is 97.9 cm³/mol. The standard InChI is InChI=1S/C20H28N2O4/c1-3-17-6-4-5-10-22(17)20(24)9-11-21(15(2)23)13-16-7-8-18-19(12-16)26-14-25-18/h7-8,12,17H,3-6,9-11,13-14H2,1-2H3. The molecule has 3 rings (SSSR count). The second-order valence-electron chi connectivity index (χ2n) is 7.02. The first kappa shape index (κ1) is 18.5. The zero-order chi connectivity index (χ0) is 18.5. The molecule has 1 atom stereocenters. The minimum atomic E-state index is -0.0267. The van der Waals surface area contributed by atoms with Gasteiger partial charge in [-0.25, -0.2) is 0 Å². The molecule has 1 saturated heterocycles. The van der Waals surface area contributed by atoms with E-state index in [9.17, 15) is 9.59 Å². The largest absolute Gasteiger partial charge is 0.454 e. The number of hydrogen-bond donors (Lipinski definition) is 0. The third-order valence-corrected chi connectivity index (χ3v) is 5.27. The SMILES string of the molecule is CCC1CCCCN1C(=O)CCN(Cc1ccc2c(c1)OCO2)C(C)=O. The normalized spacial score (nSPS) is 18.7. The van der Waals surface area contributed by atoms with E-state index < -0.39 is 0 Å². The average Bonchev–Trinajstić information content (AvgIpc) is 3.12. The first-order chi connectivity index (χ1) is 12.6. The summed E-state index contributed by atoms with van der Waals surface area (Å²) >= 11 is 0. The molecule has 0 aromatic heterocycles. The Bertz CT molecular complexity index is 661. The summed E-state index contributed by atoms with van der Waals surface area (Å²) in [6.07, 6.45) is 4.75. The Morgan fingerprint density at radius 1 is 1.23 bits per heavy atom. The number of hydrogen-bond acceptors (Lipinski definition) is 4. The van der Waals surface area contributed by atoms with Crippen LogP contribution in [0.1, 0.15) is 51.5 Å². The molecule has 2 amide bonds. The molecular formula is C20H28N2O4. The Morgan fingerprint density at radius 2 is 2.04 bits per heavy atom. The Labute approximate surface area is 155 Å². The lowest BCUT2D eigenvalue weighted by molar-refractivity contribution is -0.136. The molecule has 1 aromatic carbocycles. The monoisotopic (exact) mass is 360 g/mol. The molecule has 1 unspecified atom stereocenters. The zero-order valence-electron chi connectivity index (χ0n) is 15.7. The summed E-state index contributed by atoms with van der Waals surface area (Å²) in [5.41, 5.74) is 0.973. The van der Waals surface area contributed by atoms with Crippen molar-refractivity contribution in [2.45, 2.75) is 58.5 Å². The number of likely N-dealkylation sites (tertiary alicyclic amines) is 1. The summed E-state index contributed by atoms with van der Waals surface area (Å²) in [5.74, 6) is 1.57. The smallest absolute Gasteiger partial charge is 0.231 e. The van der Waals surface area contributed by atoms with E-state index in [0.29, 0.717) is 31.3 Å². The average molecular weight is 360 g/mol. The highest BCUT2D eigenvalue weighted by Gasteiger charge is 2.25. The highest BCUT2D eigenvalue weighted by Crippen LogP contribution is 2.32. The number of rotatable bonds is 6. The molecule has 2 aliphatic rings. The second-order valence-corrected chi connectivity index (χ2v) is 7.02. The van der Waals surface area contributed by atoms with Crippen LogP contribution < -0.4 is 9.47 Å². The molecule has 0 radical (unpaired) electrons. The maximum Gasteiger partial charge on any atom is 0.231 e. The van der Waals surface area contributed by atoms with Crippen LogP contribution in [-0.4, -0.2) is 47.5 Å². The molecule has 1 fully saturated rings. The number of benzene rings is 1. The molecule has 6 heteroatoms. The van der Waals surface area contributed by atoms with E-state index >= 15 is 0 Å². The van der Waals surface area contributed by atoms with Gasteiger partial charge < -0.3 is 19.3 Å². The molecule has 2 heterocycles. The van der Waals surface area contributed by atoms with Crippen molar-refractivity contribution < 1.29 is 19.1 Å². The Morgan fingerprint density at radius 3 is 2.81 bits per heavy atom. The molecular weight excluding hydrogens is 332 g/mol. The van der Waals surface area contributed by atoms with Gasteiger partial charge >= 0.3 is 0 Å².